The average molecular weight is 416 g/mol. The summed E-state index contributed by atoms with van der Waals surface area (Å²) in [6.07, 6.45) is 6.73. The SMILES string of the molecule is CCCC(=O)N1CCC(c2nc(-c3ccc(-n4cnc5ccccc54)nc3)no2)CC1. The molecule has 0 bridgehead atoms. The molecular weight excluding hydrogens is 392 g/mol. The molecule has 0 radical (unpaired) electrons. The van der Waals surface area contributed by atoms with E-state index >= 15 is 0 Å². The van der Waals surface area contributed by atoms with E-state index in [4.69, 9.17) is 4.52 Å². The minimum atomic E-state index is 0.191. The molecule has 0 atom stereocenters. The number of pyridine rings is 1. The number of carbonyl (C=O) groups excluding carboxylic acids is 1. The first-order chi connectivity index (χ1) is 15.2. The van der Waals surface area contributed by atoms with E-state index in [2.05, 4.69) is 20.1 Å². The first-order valence-corrected chi connectivity index (χ1v) is 10.7. The Kier molecular flexibility index (Phi) is 5.19. The highest BCUT2D eigenvalue weighted by molar-refractivity contribution is 5.77. The normalized spacial score (nSPS) is 14.9. The third-order valence-electron chi connectivity index (χ3n) is 5.81. The Labute approximate surface area is 179 Å². The van der Waals surface area contributed by atoms with Gasteiger partial charge in [0.1, 0.15) is 12.1 Å². The predicted octanol–water partition coefficient (Wildman–Crippen LogP) is 3.98. The van der Waals surface area contributed by atoms with Crippen LogP contribution in [0.4, 0.5) is 0 Å². The third kappa shape index (κ3) is 3.81. The van der Waals surface area contributed by atoms with Gasteiger partial charge in [0.25, 0.3) is 0 Å². The summed E-state index contributed by atoms with van der Waals surface area (Å²) >= 11 is 0. The lowest BCUT2D eigenvalue weighted by Crippen LogP contribution is -2.37. The molecular formula is C23H24N6O2. The summed E-state index contributed by atoms with van der Waals surface area (Å²) in [4.78, 5) is 27.6. The van der Waals surface area contributed by atoms with Gasteiger partial charge in [0.2, 0.25) is 17.6 Å². The predicted molar refractivity (Wildman–Crippen MR) is 116 cm³/mol. The Balaban J connectivity index is 1.29. The van der Waals surface area contributed by atoms with Crippen LogP contribution in [0.2, 0.25) is 0 Å². The molecule has 1 aliphatic heterocycles. The van der Waals surface area contributed by atoms with E-state index in [1.54, 1.807) is 12.5 Å². The van der Waals surface area contributed by atoms with E-state index < -0.39 is 0 Å². The van der Waals surface area contributed by atoms with Gasteiger partial charge in [-0.2, -0.15) is 4.98 Å². The monoisotopic (exact) mass is 416 g/mol. The summed E-state index contributed by atoms with van der Waals surface area (Å²) in [5.74, 6) is 2.39. The minimum Gasteiger partial charge on any atom is -0.343 e. The van der Waals surface area contributed by atoms with Gasteiger partial charge in [0.15, 0.2) is 0 Å². The van der Waals surface area contributed by atoms with Crippen LogP contribution in [0, 0.1) is 0 Å². The van der Waals surface area contributed by atoms with Crippen molar-refractivity contribution < 1.29 is 9.32 Å². The molecule has 4 heterocycles. The van der Waals surface area contributed by atoms with Crippen LogP contribution in [-0.4, -0.2) is 48.6 Å². The quantitative estimate of drug-likeness (QED) is 0.489. The van der Waals surface area contributed by atoms with Crippen LogP contribution in [-0.2, 0) is 4.79 Å². The number of likely N-dealkylation sites (tertiary alicyclic amines) is 1. The van der Waals surface area contributed by atoms with E-state index in [1.807, 2.05) is 52.8 Å². The fourth-order valence-electron chi connectivity index (χ4n) is 4.07. The lowest BCUT2D eigenvalue weighted by molar-refractivity contribution is -0.132. The lowest BCUT2D eigenvalue weighted by Gasteiger charge is -2.30. The second kappa shape index (κ2) is 8.29. The van der Waals surface area contributed by atoms with Gasteiger partial charge in [-0.3, -0.25) is 9.36 Å². The number of piperidine rings is 1. The van der Waals surface area contributed by atoms with Crippen LogP contribution in [0.5, 0.6) is 0 Å². The molecule has 158 valence electrons. The van der Waals surface area contributed by atoms with E-state index in [9.17, 15) is 4.79 Å². The Hall–Kier alpha value is -3.55. The topological polar surface area (TPSA) is 89.9 Å². The fraction of sp³-hybridized carbons (Fsp3) is 0.348. The Morgan fingerprint density at radius 3 is 2.74 bits per heavy atom. The van der Waals surface area contributed by atoms with Crippen molar-refractivity contribution in [2.24, 2.45) is 0 Å². The van der Waals surface area contributed by atoms with Crippen molar-refractivity contribution in [2.75, 3.05) is 13.1 Å². The summed E-state index contributed by atoms with van der Waals surface area (Å²) in [5.41, 5.74) is 2.74. The van der Waals surface area contributed by atoms with Crippen LogP contribution < -0.4 is 0 Å². The van der Waals surface area contributed by atoms with Crippen LogP contribution in [0.1, 0.15) is 44.4 Å². The van der Waals surface area contributed by atoms with Gasteiger partial charge in [-0.05, 0) is 43.5 Å². The van der Waals surface area contributed by atoms with Crippen LogP contribution in [0.3, 0.4) is 0 Å². The van der Waals surface area contributed by atoms with Crippen molar-refractivity contribution in [3.63, 3.8) is 0 Å². The van der Waals surface area contributed by atoms with E-state index in [0.717, 1.165) is 54.8 Å². The van der Waals surface area contributed by atoms with E-state index in [1.165, 1.54) is 0 Å². The maximum absolute atomic E-state index is 12.1. The van der Waals surface area contributed by atoms with Crippen LogP contribution in [0.15, 0.2) is 53.4 Å². The van der Waals surface area contributed by atoms with Crippen molar-refractivity contribution >= 4 is 16.9 Å². The third-order valence-corrected chi connectivity index (χ3v) is 5.81. The molecule has 8 heteroatoms. The smallest absolute Gasteiger partial charge is 0.230 e. The van der Waals surface area contributed by atoms with Gasteiger partial charge in [-0.25, -0.2) is 9.97 Å². The number of imidazole rings is 1. The minimum absolute atomic E-state index is 0.191. The van der Waals surface area contributed by atoms with Gasteiger partial charge in [0.05, 0.1) is 11.0 Å². The van der Waals surface area contributed by atoms with Gasteiger partial charge in [-0.15, -0.1) is 0 Å². The standard InChI is InChI=1S/C23H24N6O2/c1-2-5-21(30)28-12-10-16(11-13-28)23-26-22(27-31-23)17-8-9-20(24-14-17)29-15-25-18-6-3-4-7-19(18)29/h3-4,6-9,14-16H,2,5,10-13H2,1H3. The molecule has 1 aliphatic rings. The highest BCUT2D eigenvalue weighted by Gasteiger charge is 2.27. The number of nitrogens with zero attached hydrogens (tertiary/aromatic N) is 6. The van der Waals surface area contributed by atoms with Gasteiger partial charge < -0.3 is 9.42 Å². The molecule has 1 saturated heterocycles. The molecule has 0 aliphatic carbocycles. The first kappa shape index (κ1) is 19.4. The zero-order valence-electron chi connectivity index (χ0n) is 17.4. The molecule has 4 aromatic rings. The fourth-order valence-corrected chi connectivity index (χ4v) is 4.07. The number of hydrogen-bond acceptors (Lipinski definition) is 6. The molecule has 8 nitrogen and oxygen atoms in total. The summed E-state index contributed by atoms with van der Waals surface area (Å²) in [6, 6.07) is 11.8. The zero-order valence-corrected chi connectivity index (χ0v) is 17.4. The van der Waals surface area contributed by atoms with Crippen molar-refractivity contribution in [1.82, 2.24) is 29.6 Å². The summed E-state index contributed by atoms with van der Waals surface area (Å²) < 4.78 is 7.51. The number of amides is 1. The first-order valence-electron chi connectivity index (χ1n) is 10.7. The molecule has 0 N–H and O–H groups in total. The zero-order chi connectivity index (χ0) is 21.2. The van der Waals surface area contributed by atoms with Gasteiger partial charge in [0, 0.05) is 37.2 Å². The molecule has 0 spiro atoms. The van der Waals surface area contributed by atoms with E-state index in [-0.39, 0.29) is 11.8 Å². The molecule has 1 amide bonds. The number of hydrogen-bond donors (Lipinski definition) is 0. The van der Waals surface area contributed by atoms with Crippen LogP contribution >= 0.6 is 0 Å². The van der Waals surface area contributed by atoms with E-state index in [0.29, 0.717) is 18.1 Å². The number of carbonyl (C=O) groups is 1. The average Bonchev–Trinajstić information content (AvgIpc) is 3.47. The highest BCUT2D eigenvalue weighted by Crippen LogP contribution is 2.29. The Bertz CT molecular complexity index is 1190. The number of fused-ring (bicyclic) bond motifs is 1. The highest BCUT2D eigenvalue weighted by atomic mass is 16.5. The molecule has 3 aromatic heterocycles. The molecule has 5 rings (SSSR count). The maximum Gasteiger partial charge on any atom is 0.230 e. The van der Waals surface area contributed by atoms with Crippen molar-refractivity contribution in [1.29, 1.82) is 0 Å². The molecule has 1 fully saturated rings. The molecule has 1 aromatic carbocycles. The Morgan fingerprint density at radius 2 is 1.97 bits per heavy atom. The summed E-state index contributed by atoms with van der Waals surface area (Å²) in [7, 11) is 0. The van der Waals surface area contributed by atoms with Crippen molar-refractivity contribution in [2.45, 2.75) is 38.5 Å². The Morgan fingerprint density at radius 1 is 1.13 bits per heavy atom. The maximum atomic E-state index is 12.1. The molecule has 0 unspecified atom stereocenters. The summed E-state index contributed by atoms with van der Waals surface area (Å²) in [6.45, 7) is 3.52. The number of para-hydroxylation sites is 2. The number of rotatable bonds is 5. The lowest BCUT2D eigenvalue weighted by atomic mass is 9.96. The second-order valence-electron chi connectivity index (χ2n) is 7.87. The molecule has 31 heavy (non-hydrogen) atoms. The van der Waals surface area contributed by atoms with Gasteiger partial charge in [-0.1, -0.05) is 24.2 Å². The molecule has 0 saturated carbocycles. The van der Waals surface area contributed by atoms with Crippen molar-refractivity contribution in [3.05, 3.63) is 54.8 Å². The van der Waals surface area contributed by atoms with Crippen molar-refractivity contribution in [3.8, 4) is 17.2 Å². The number of benzene rings is 1. The van der Waals surface area contributed by atoms with Gasteiger partial charge >= 0.3 is 0 Å². The number of aromatic nitrogens is 5. The second-order valence-corrected chi connectivity index (χ2v) is 7.87. The van der Waals surface area contributed by atoms with Crippen LogP contribution in [0.25, 0.3) is 28.2 Å². The largest absolute Gasteiger partial charge is 0.343 e. The summed E-state index contributed by atoms with van der Waals surface area (Å²) in [5, 5.41) is 4.16.